The number of hydrogen-bond donors (Lipinski definition) is 0. The van der Waals surface area contributed by atoms with E-state index in [4.69, 9.17) is 23.2 Å². The van der Waals surface area contributed by atoms with E-state index >= 15 is 0 Å². The van der Waals surface area contributed by atoms with Crippen LogP contribution in [0.25, 0.3) is 0 Å². The lowest BCUT2D eigenvalue weighted by Gasteiger charge is -2.37. The molecule has 0 aromatic heterocycles. The maximum atomic E-state index is 6.23. The lowest BCUT2D eigenvalue weighted by molar-refractivity contribution is 0.0796. The maximum Gasteiger partial charge on any atom is 0.116 e. The minimum Gasteiger partial charge on any atom is -0.355 e. The Balaban J connectivity index is 1.91. The van der Waals surface area contributed by atoms with E-state index in [0.29, 0.717) is 11.8 Å². The third kappa shape index (κ3) is 4.63. The van der Waals surface area contributed by atoms with Crippen molar-refractivity contribution in [1.82, 2.24) is 19.6 Å². The second-order valence-electron chi connectivity index (χ2n) is 6.22. The van der Waals surface area contributed by atoms with Gasteiger partial charge in [-0.1, -0.05) is 26.7 Å². The molecule has 0 radical (unpaired) electrons. The van der Waals surface area contributed by atoms with Crippen LogP contribution in [-0.4, -0.2) is 63.4 Å². The molecular formula is C17H30Cl2N4. The van der Waals surface area contributed by atoms with Gasteiger partial charge in [0.25, 0.3) is 0 Å². The zero-order valence-corrected chi connectivity index (χ0v) is 15.9. The molecule has 0 fully saturated rings. The highest BCUT2D eigenvalue weighted by Gasteiger charge is 2.30. The highest BCUT2D eigenvalue weighted by atomic mass is 35.5. The van der Waals surface area contributed by atoms with Crippen LogP contribution in [0.5, 0.6) is 0 Å². The fourth-order valence-electron chi connectivity index (χ4n) is 3.08. The van der Waals surface area contributed by atoms with Gasteiger partial charge < -0.3 is 19.6 Å². The Bertz CT molecular complexity index is 366. The summed E-state index contributed by atoms with van der Waals surface area (Å²) in [5.74, 6) is 1.22. The molecule has 0 bridgehead atoms. The molecule has 0 N–H and O–H groups in total. The van der Waals surface area contributed by atoms with E-state index in [1.165, 1.54) is 25.7 Å². The van der Waals surface area contributed by atoms with Gasteiger partial charge >= 0.3 is 0 Å². The SMILES string of the molecule is CCCCN1C=CN(CN2C=CN(CCCC)C2CCl)C1CCl. The van der Waals surface area contributed by atoms with Gasteiger partial charge in [-0.05, 0) is 12.8 Å². The quantitative estimate of drug-likeness (QED) is 0.548. The van der Waals surface area contributed by atoms with Gasteiger partial charge in [0, 0.05) is 37.9 Å². The van der Waals surface area contributed by atoms with Crippen LogP contribution in [0.3, 0.4) is 0 Å². The van der Waals surface area contributed by atoms with Crippen LogP contribution in [0.1, 0.15) is 39.5 Å². The molecule has 0 aliphatic carbocycles. The van der Waals surface area contributed by atoms with Gasteiger partial charge in [0.05, 0.1) is 18.4 Å². The van der Waals surface area contributed by atoms with Crippen molar-refractivity contribution in [1.29, 1.82) is 0 Å². The molecule has 2 heterocycles. The zero-order chi connectivity index (χ0) is 16.7. The topological polar surface area (TPSA) is 13.0 Å². The number of unbranched alkanes of at least 4 members (excludes halogenated alkanes) is 2. The lowest BCUT2D eigenvalue weighted by Crippen LogP contribution is -2.48. The average molecular weight is 361 g/mol. The number of halogens is 2. The summed E-state index contributed by atoms with van der Waals surface area (Å²) in [6.45, 7) is 7.40. The minimum absolute atomic E-state index is 0.247. The number of rotatable bonds is 10. The van der Waals surface area contributed by atoms with Gasteiger partial charge in [-0.2, -0.15) is 0 Å². The maximum absolute atomic E-state index is 6.23. The smallest absolute Gasteiger partial charge is 0.116 e. The van der Waals surface area contributed by atoms with Gasteiger partial charge in [0.1, 0.15) is 12.3 Å². The van der Waals surface area contributed by atoms with Crippen molar-refractivity contribution in [2.75, 3.05) is 31.5 Å². The average Bonchev–Trinajstić information content (AvgIpc) is 3.14. The first-order valence-electron chi connectivity index (χ1n) is 8.76. The molecule has 2 atom stereocenters. The molecule has 2 rings (SSSR count). The Hall–Kier alpha value is -0.740. The normalized spacial score (nSPS) is 23.7. The van der Waals surface area contributed by atoms with Crippen molar-refractivity contribution in [3.63, 3.8) is 0 Å². The number of hydrogen-bond acceptors (Lipinski definition) is 4. The van der Waals surface area contributed by atoms with Crippen LogP contribution < -0.4 is 0 Å². The number of nitrogens with zero attached hydrogens (tertiary/aromatic N) is 4. The van der Waals surface area contributed by atoms with Crippen molar-refractivity contribution in [2.24, 2.45) is 0 Å². The molecule has 0 spiro atoms. The standard InChI is InChI=1S/C17H30Cl2N4/c1-3-5-7-20-9-11-22(16(20)13-18)15-23-12-10-21(8-6-4-2)17(23)14-19/h9-12,16-17H,3-8,13-15H2,1-2H3. The summed E-state index contributed by atoms with van der Waals surface area (Å²) in [6, 6.07) is 0. The molecule has 6 heteroatoms. The fourth-order valence-corrected chi connectivity index (χ4v) is 3.78. The Morgan fingerprint density at radius 2 is 1.09 bits per heavy atom. The summed E-state index contributed by atoms with van der Waals surface area (Å²) < 4.78 is 0. The summed E-state index contributed by atoms with van der Waals surface area (Å²) >= 11 is 12.5. The third-order valence-electron chi connectivity index (χ3n) is 4.57. The van der Waals surface area contributed by atoms with Crippen LogP contribution in [0.15, 0.2) is 24.8 Å². The minimum atomic E-state index is 0.247. The van der Waals surface area contributed by atoms with Crippen LogP contribution in [0.4, 0.5) is 0 Å². The monoisotopic (exact) mass is 360 g/mol. The molecule has 0 aromatic carbocycles. The van der Waals surface area contributed by atoms with Crippen molar-refractivity contribution in [3.8, 4) is 0 Å². The van der Waals surface area contributed by atoms with Crippen LogP contribution in [0, 0.1) is 0 Å². The van der Waals surface area contributed by atoms with Gasteiger partial charge in [0.15, 0.2) is 0 Å². The fraction of sp³-hybridized carbons (Fsp3) is 0.765. The molecule has 0 saturated heterocycles. The van der Waals surface area contributed by atoms with E-state index in [1.807, 2.05) is 0 Å². The van der Waals surface area contributed by atoms with Crippen LogP contribution >= 0.6 is 23.2 Å². The second-order valence-corrected chi connectivity index (χ2v) is 6.84. The summed E-state index contributed by atoms with van der Waals surface area (Å²) in [7, 11) is 0. The van der Waals surface area contributed by atoms with E-state index in [0.717, 1.165) is 19.8 Å². The first-order valence-corrected chi connectivity index (χ1v) is 9.83. The van der Waals surface area contributed by atoms with Crippen LogP contribution in [-0.2, 0) is 0 Å². The highest BCUT2D eigenvalue weighted by Crippen LogP contribution is 2.23. The Labute approximate surface area is 151 Å². The van der Waals surface area contributed by atoms with Gasteiger partial charge in [-0.3, -0.25) is 0 Å². The molecule has 23 heavy (non-hydrogen) atoms. The second kappa shape index (κ2) is 9.53. The molecule has 0 amide bonds. The first kappa shape index (κ1) is 18.6. The van der Waals surface area contributed by atoms with Gasteiger partial charge in [-0.15, -0.1) is 23.2 Å². The van der Waals surface area contributed by atoms with E-state index in [1.54, 1.807) is 0 Å². The summed E-state index contributed by atoms with van der Waals surface area (Å²) in [6.07, 6.45) is 14.0. The summed E-state index contributed by atoms with van der Waals surface area (Å²) in [5.41, 5.74) is 0. The van der Waals surface area contributed by atoms with Crippen LogP contribution in [0.2, 0.25) is 0 Å². The Morgan fingerprint density at radius 1 is 0.696 bits per heavy atom. The summed E-state index contributed by atoms with van der Waals surface area (Å²) in [5, 5.41) is 0. The first-order chi connectivity index (χ1) is 11.2. The molecule has 2 aliphatic heterocycles. The Kier molecular flexibility index (Phi) is 7.71. The predicted molar refractivity (Wildman–Crippen MR) is 99.1 cm³/mol. The van der Waals surface area contributed by atoms with E-state index < -0.39 is 0 Å². The summed E-state index contributed by atoms with van der Waals surface area (Å²) in [4.78, 5) is 9.33. The van der Waals surface area contributed by atoms with E-state index in [-0.39, 0.29) is 12.3 Å². The van der Waals surface area contributed by atoms with Crippen molar-refractivity contribution >= 4 is 23.2 Å². The highest BCUT2D eigenvalue weighted by molar-refractivity contribution is 6.18. The Morgan fingerprint density at radius 3 is 1.43 bits per heavy atom. The molecule has 4 nitrogen and oxygen atoms in total. The molecule has 2 unspecified atom stereocenters. The van der Waals surface area contributed by atoms with Gasteiger partial charge in [0.2, 0.25) is 0 Å². The lowest BCUT2D eigenvalue weighted by atomic mass is 10.3. The van der Waals surface area contributed by atoms with Crippen molar-refractivity contribution in [3.05, 3.63) is 24.8 Å². The molecule has 0 aromatic rings. The third-order valence-corrected chi connectivity index (χ3v) is 5.12. The zero-order valence-electron chi connectivity index (χ0n) is 14.4. The number of alkyl halides is 2. The largest absolute Gasteiger partial charge is 0.355 e. The molecule has 132 valence electrons. The molecular weight excluding hydrogens is 331 g/mol. The van der Waals surface area contributed by atoms with Crippen molar-refractivity contribution in [2.45, 2.75) is 51.9 Å². The molecule has 2 aliphatic rings. The molecule has 0 saturated carbocycles. The van der Waals surface area contributed by atoms with Gasteiger partial charge in [-0.25, -0.2) is 0 Å². The predicted octanol–water partition coefficient (Wildman–Crippen LogP) is 3.85. The van der Waals surface area contributed by atoms with E-state index in [9.17, 15) is 0 Å². The van der Waals surface area contributed by atoms with Crippen molar-refractivity contribution < 1.29 is 0 Å². The van der Waals surface area contributed by atoms with E-state index in [2.05, 4.69) is 58.2 Å².